The number of esters is 2. The third kappa shape index (κ3) is 39.0. The minimum Gasteiger partial charge on any atom is -0.462 e. The zero-order valence-corrected chi connectivity index (χ0v) is 35.2. The number of carbonyl (C=O) groups excluding carboxylic acids is 2. The minimum atomic E-state index is -4.61. The molecule has 0 amide bonds. The van der Waals surface area contributed by atoms with Crippen LogP contribution in [0.5, 0.6) is 0 Å². The second-order valence-electron chi connectivity index (χ2n) is 15.1. The summed E-state index contributed by atoms with van der Waals surface area (Å²) in [5.74, 6) is -0.909. The Labute approximate surface area is 324 Å². The summed E-state index contributed by atoms with van der Waals surface area (Å²) in [6.45, 7) is 2.42. The van der Waals surface area contributed by atoms with Crippen LogP contribution in [-0.4, -0.2) is 65.7 Å². The molecule has 0 bridgehead atoms. The molecule has 0 radical (unpaired) electrons. The molecule has 0 spiro atoms. The minimum absolute atomic E-state index is 0.192. The van der Waals surface area contributed by atoms with Gasteiger partial charge in [-0.3, -0.25) is 18.6 Å². The zero-order valence-electron chi connectivity index (χ0n) is 34.3. The molecule has 0 heterocycles. The number of unbranched alkanes of at least 4 members (excludes halogenated alkanes) is 28. The molecule has 53 heavy (non-hydrogen) atoms. The Morgan fingerprint density at radius 2 is 0.811 bits per heavy atom. The van der Waals surface area contributed by atoms with Gasteiger partial charge in [-0.2, -0.15) is 0 Å². The first-order chi connectivity index (χ1) is 25.7. The molecule has 3 N–H and O–H groups in total. The van der Waals surface area contributed by atoms with E-state index < -0.39 is 51.8 Å². The second-order valence-corrected chi connectivity index (χ2v) is 16.5. The summed E-state index contributed by atoms with van der Waals surface area (Å²) in [5.41, 5.74) is 0. The van der Waals surface area contributed by atoms with Gasteiger partial charge in [0.1, 0.15) is 12.7 Å². The Kier molecular flexibility index (Phi) is 38.5. The number of rotatable bonds is 42. The SMILES string of the molecule is CCCCCCCCCCCCCCCCCCC(=O)OC(COC(=O)CCCCCCCCCCCCCCCC)COP(=O)(O)OCC(O)CO. The molecule has 10 nitrogen and oxygen atoms in total. The largest absolute Gasteiger partial charge is 0.472 e. The van der Waals surface area contributed by atoms with Crippen LogP contribution in [0.15, 0.2) is 0 Å². The van der Waals surface area contributed by atoms with Crippen LogP contribution in [0.1, 0.15) is 219 Å². The Morgan fingerprint density at radius 1 is 0.491 bits per heavy atom. The highest BCUT2D eigenvalue weighted by molar-refractivity contribution is 7.47. The third-order valence-electron chi connectivity index (χ3n) is 9.76. The van der Waals surface area contributed by atoms with E-state index in [0.717, 1.165) is 32.1 Å². The maximum absolute atomic E-state index is 12.6. The fourth-order valence-corrected chi connectivity index (χ4v) is 7.14. The molecule has 0 aromatic rings. The summed E-state index contributed by atoms with van der Waals surface area (Å²) in [7, 11) is -4.61. The first-order valence-corrected chi connectivity index (χ1v) is 23.5. The summed E-state index contributed by atoms with van der Waals surface area (Å²) in [4.78, 5) is 35.0. The average molecular weight is 779 g/mol. The molecular weight excluding hydrogens is 695 g/mol. The quantitative estimate of drug-likeness (QED) is 0.0310. The Hall–Kier alpha value is -1.03. The number of carbonyl (C=O) groups is 2. The number of aliphatic hydroxyl groups excluding tert-OH is 2. The lowest BCUT2D eigenvalue weighted by Crippen LogP contribution is -2.29. The molecule has 316 valence electrons. The van der Waals surface area contributed by atoms with Crippen molar-refractivity contribution in [1.29, 1.82) is 0 Å². The van der Waals surface area contributed by atoms with Gasteiger partial charge in [-0.25, -0.2) is 4.57 Å². The predicted molar refractivity (Wildman–Crippen MR) is 215 cm³/mol. The van der Waals surface area contributed by atoms with Crippen molar-refractivity contribution in [1.82, 2.24) is 0 Å². The number of hydrogen-bond donors (Lipinski definition) is 3. The van der Waals surface area contributed by atoms with E-state index in [4.69, 9.17) is 23.6 Å². The maximum Gasteiger partial charge on any atom is 0.472 e. The van der Waals surface area contributed by atoms with Crippen molar-refractivity contribution >= 4 is 19.8 Å². The van der Waals surface area contributed by atoms with Gasteiger partial charge in [-0.1, -0.05) is 194 Å². The van der Waals surface area contributed by atoms with Crippen LogP contribution in [0.4, 0.5) is 0 Å². The van der Waals surface area contributed by atoms with Crippen molar-refractivity contribution in [2.75, 3.05) is 26.4 Å². The zero-order chi connectivity index (χ0) is 39.1. The van der Waals surface area contributed by atoms with Gasteiger partial charge in [0, 0.05) is 12.8 Å². The van der Waals surface area contributed by atoms with Crippen molar-refractivity contribution in [3.63, 3.8) is 0 Å². The summed E-state index contributed by atoms with van der Waals surface area (Å²) in [6.07, 6.45) is 34.9. The summed E-state index contributed by atoms with van der Waals surface area (Å²) in [5, 5.41) is 18.3. The molecule has 0 aromatic carbocycles. The number of hydrogen-bond acceptors (Lipinski definition) is 9. The van der Waals surface area contributed by atoms with Gasteiger partial charge in [0.15, 0.2) is 6.10 Å². The van der Waals surface area contributed by atoms with Crippen LogP contribution in [-0.2, 0) is 32.7 Å². The van der Waals surface area contributed by atoms with Crippen molar-refractivity contribution in [2.24, 2.45) is 0 Å². The predicted octanol–water partition coefficient (Wildman–Crippen LogP) is 11.5. The molecular formula is C42H83O10P. The van der Waals surface area contributed by atoms with Crippen LogP contribution >= 0.6 is 7.82 Å². The fraction of sp³-hybridized carbons (Fsp3) is 0.952. The molecule has 11 heteroatoms. The van der Waals surface area contributed by atoms with Crippen LogP contribution in [0.2, 0.25) is 0 Å². The van der Waals surface area contributed by atoms with Gasteiger partial charge in [-0.15, -0.1) is 0 Å². The topological polar surface area (TPSA) is 149 Å². The van der Waals surface area contributed by atoms with E-state index in [9.17, 15) is 24.2 Å². The Morgan fingerprint density at radius 3 is 1.17 bits per heavy atom. The molecule has 0 aliphatic rings. The summed E-state index contributed by atoms with van der Waals surface area (Å²) < 4.78 is 32.7. The second kappa shape index (κ2) is 39.2. The number of phosphoric ester groups is 1. The van der Waals surface area contributed by atoms with Crippen molar-refractivity contribution in [2.45, 2.75) is 232 Å². The van der Waals surface area contributed by atoms with E-state index in [1.165, 1.54) is 148 Å². The highest BCUT2D eigenvalue weighted by Gasteiger charge is 2.27. The summed E-state index contributed by atoms with van der Waals surface area (Å²) in [6, 6.07) is 0. The van der Waals surface area contributed by atoms with Gasteiger partial charge < -0.3 is 24.6 Å². The number of aliphatic hydroxyl groups is 2. The lowest BCUT2D eigenvalue weighted by atomic mass is 10.0. The van der Waals surface area contributed by atoms with Gasteiger partial charge in [-0.05, 0) is 12.8 Å². The average Bonchev–Trinajstić information content (AvgIpc) is 3.14. The molecule has 0 fully saturated rings. The van der Waals surface area contributed by atoms with E-state index in [1.807, 2.05) is 0 Å². The lowest BCUT2D eigenvalue weighted by molar-refractivity contribution is -0.161. The highest BCUT2D eigenvalue weighted by Crippen LogP contribution is 2.43. The van der Waals surface area contributed by atoms with Gasteiger partial charge >= 0.3 is 19.8 Å². The molecule has 0 rings (SSSR count). The molecule has 0 aliphatic heterocycles. The normalized spacial score (nSPS) is 13.8. The van der Waals surface area contributed by atoms with Crippen LogP contribution in [0, 0.1) is 0 Å². The maximum atomic E-state index is 12.6. The van der Waals surface area contributed by atoms with E-state index in [1.54, 1.807) is 0 Å². The third-order valence-corrected chi connectivity index (χ3v) is 10.7. The molecule has 0 saturated heterocycles. The van der Waals surface area contributed by atoms with Crippen molar-refractivity contribution in [3.05, 3.63) is 0 Å². The van der Waals surface area contributed by atoms with Gasteiger partial charge in [0.2, 0.25) is 0 Å². The van der Waals surface area contributed by atoms with E-state index >= 15 is 0 Å². The number of ether oxygens (including phenoxy) is 2. The van der Waals surface area contributed by atoms with Crippen molar-refractivity contribution in [3.8, 4) is 0 Å². The first kappa shape index (κ1) is 52.0. The fourth-order valence-electron chi connectivity index (χ4n) is 6.35. The van der Waals surface area contributed by atoms with Crippen LogP contribution < -0.4 is 0 Å². The highest BCUT2D eigenvalue weighted by atomic mass is 31.2. The Balaban J connectivity index is 4.24. The molecule has 0 aromatic heterocycles. The van der Waals surface area contributed by atoms with E-state index in [-0.39, 0.29) is 19.4 Å². The van der Waals surface area contributed by atoms with E-state index in [0.29, 0.717) is 12.8 Å². The summed E-state index contributed by atoms with van der Waals surface area (Å²) >= 11 is 0. The first-order valence-electron chi connectivity index (χ1n) is 22.0. The molecule has 0 saturated carbocycles. The molecule has 3 atom stereocenters. The standard InChI is InChI=1S/C42H83O10P/c1-3-5-7-9-11-13-15-17-19-20-22-24-26-28-30-32-34-42(46)52-40(38-51-53(47,48)50-36-39(44)35-43)37-49-41(45)33-31-29-27-25-23-21-18-16-14-12-10-8-6-4-2/h39-40,43-44H,3-38H2,1-2H3,(H,47,48). The lowest BCUT2D eigenvalue weighted by Gasteiger charge is -2.20. The smallest absolute Gasteiger partial charge is 0.462 e. The Bertz CT molecular complexity index is 858. The monoisotopic (exact) mass is 779 g/mol. The van der Waals surface area contributed by atoms with Crippen molar-refractivity contribution < 1.29 is 47.8 Å². The van der Waals surface area contributed by atoms with Gasteiger partial charge in [0.25, 0.3) is 0 Å². The number of phosphoric acid groups is 1. The van der Waals surface area contributed by atoms with E-state index in [2.05, 4.69) is 13.8 Å². The molecule has 3 unspecified atom stereocenters. The van der Waals surface area contributed by atoms with Crippen LogP contribution in [0.25, 0.3) is 0 Å². The van der Waals surface area contributed by atoms with Crippen LogP contribution in [0.3, 0.4) is 0 Å². The molecule has 0 aliphatic carbocycles. The van der Waals surface area contributed by atoms with Gasteiger partial charge in [0.05, 0.1) is 19.8 Å².